The van der Waals surface area contributed by atoms with Gasteiger partial charge in [-0.25, -0.2) is 0 Å². The largest absolute Gasteiger partial charge is 0.455 e. The monoisotopic (exact) mass is 532 g/mol. The third kappa shape index (κ3) is 7.16. The molecular weight excluding hydrogens is 488 g/mol. The molecule has 1 aliphatic rings. The highest BCUT2D eigenvalue weighted by molar-refractivity contribution is 5.96. The zero-order chi connectivity index (χ0) is 28.6. The number of nitrogens with zero attached hydrogens (tertiary/aromatic N) is 2. The van der Waals surface area contributed by atoms with E-state index in [0.717, 1.165) is 47.3 Å². The van der Waals surface area contributed by atoms with Crippen LogP contribution >= 0.6 is 0 Å². The fraction of sp³-hybridized carbons (Fsp3) is 0.438. The van der Waals surface area contributed by atoms with Gasteiger partial charge in [0.1, 0.15) is 17.0 Å². The van der Waals surface area contributed by atoms with Crippen LogP contribution in [0.4, 0.5) is 0 Å². The Morgan fingerprint density at radius 3 is 2.41 bits per heavy atom. The lowest BCUT2D eigenvalue weighted by Gasteiger charge is -2.22. The Morgan fingerprint density at radius 1 is 1.05 bits per heavy atom. The standard InChI is InChI=1S/C28H32N4O3.2C2H6/c1-28(2,34)19-4-7-25(23(15-19)24-17-32(3)27(33)26-22(24)10-13-30-26)35-21-6-5-20(31-16-21)14-18-8-11-29-12-9-18;2*1-2/h4-7,10,13,15-18,29-30,34H,8-9,11-12,14H2,1-3H3;2*1-2H3. The second-order valence-corrected chi connectivity index (χ2v) is 9.98. The SMILES string of the molecule is CC.CC.Cn1cc(-c2cc(C(C)(C)O)ccc2Oc2ccc(CC3CCNCC3)nc2)c2cc[nH]c2c1=O. The predicted octanol–water partition coefficient (Wildman–Crippen LogP) is 6.54. The molecule has 0 spiro atoms. The molecule has 0 saturated carbocycles. The van der Waals surface area contributed by atoms with Crippen molar-refractivity contribution in [3.05, 3.63) is 76.6 Å². The zero-order valence-electron chi connectivity index (χ0n) is 24.5. The van der Waals surface area contributed by atoms with E-state index in [0.29, 0.717) is 22.9 Å². The molecular formula is C32H44N4O3. The van der Waals surface area contributed by atoms with Crippen molar-refractivity contribution in [3.8, 4) is 22.6 Å². The summed E-state index contributed by atoms with van der Waals surface area (Å²) in [4.78, 5) is 20.3. The number of hydrogen-bond donors (Lipinski definition) is 3. The summed E-state index contributed by atoms with van der Waals surface area (Å²) in [6.45, 7) is 13.7. The third-order valence-corrected chi connectivity index (χ3v) is 6.85. The number of fused-ring (bicyclic) bond motifs is 1. The van der Waals surface area contributed by atoms with Crippen LogP contribution in [0.1, 0.15) is 65.6 Å². The molecule has 0 amide bonds. The summed E-state index contributed by atoms with van der Waals surface area (Å²) in [5, 5.41) is 14.9. The number of rotatable bonds is 6. The number of pyridine rings is 2. The molecule has 7 nitrogen and oxygen atoms in total. The summed E-state index contributed by atoms with van der Waals surface area (Å²) in [6.07, 6.45) is 8.71. The van der Waals surface area contributed by atoms with E-state index in [1.807, 2.05) is 70.3 Å². The Labute approximate surface area is 232 Å². The summed E-state index contributed by atoms with van der Waals surface area (Å²) in [5.41, 5.74) is 2.89. The quantitative estimate of drug-likeness (QED) is 0.262. The molecule has 1 aromatic carbocycles. The van der Waals surface area contributed by atoms with E-state index in [9.17, 15) is 9.90 Å². The molecule has 4 aromatic rings. The van der Waals surface area contributed by atoms with Crippen molar-refractivity contribution in [1.29, 1.82) is 0 Å². The molecule has 39 heavy (non-hydrogen) atoms. The van der Waals surface area contributed by atoms with Gasteiger partial charge in [0.2, 0.25) is 0 Å². The van der Waals surface area contributed by atoms with Crippen molar-refractivity contribution < 1.29 is 9.84 Å². The van der Waals surface area contributed by atoms with E-state index < -0.39 is 5.60 Å². The van der Waals surface area contributed by atoms with E-state index in [1.54, 1.807) is 37.9 Å². The van der Waals surface area contributed by atoms with Crippen LogP contribution in [0.25, 0.3) is 22.0 Å². The van der Waals surface area contributed by atoms with Gasteiger partial charge in [-0.1, -0.05) is 33.8 Å². The molecule has 0 unspecified atom stereocenters. The first-order valence-corrected chi connectivity index (χ1v) is 14.2. The Hall–Kier alpha value is -3.42. The Bertz CT molecular complexity index is 1390. The molecule has 210 valence electrons. The number of aromatic amines is 1. The summed E-state index contributed by atoms with van der Waals surface area (Å²) < 4.78 is 7.88. The molecule has 1 aliphatic heterocycles. The highest BCUT2D eigenvalue weighted by Crippen LogP contribution is 2.39. The number of aliphatic hydroxyl groups is 1. The first-order chi connectivity index (χ1) is 18.8. The maximum Gasteiger partial charge on any atom is 0.274 e. The van der Waals surface area contributed by atoms with Crippen molar-refractivity contribution in [2.75, 3.05) is 13.1 Å². The second-order valence-electron chi connectivity index (χ2n) is 9.98. The first kappa shape index (κ1) is 30.1. The summed E-state index contributed by atoms with van der Waals surface area (Å²) in [7, 11) is 1.73. The lowest BCUT2D eigenvalue weighted by molar-refractivity contribution is 0.0786. The number of piperidine rings is 1. The molecule has 0 radical (unpaired) electrons. The maximum absolute atomic E-state index is 12.6. The highest BCUT2D eigenvalue weighted by atomic mass is 16.5. The molecule has 3 aromatic heterocycles. The normalized spacial score (nSPS) is 13.7. The fourth-order valence-corrected chi connectivity index (χ4v) is 4.79. The number of hydrogen-bond acceptors (Lipinski definition) is 5. The van der Waals surface area contributed by atoms with Gasteiger partial charge in [-0.2, -0.15) is 0 Å². The van der Waals surface area contributed by atoms with Gasteiger partial charge in [0.15, 0.2) is 0 Å². The van der Waals surface area contributed by atoms with Crippen LogP contribution in [0.15, 0.2) is 59.8 Å². The number of aryl methyl sites for hydroxylation is 1. The smallest absolute Gasteiger partial charge is 0.274 e. The van der Waals surface area contributed by atoms with Crippen molar-refractivity contribution in [2.45, 2.75) is 66.4 Å². The summed E-state index contributed by atoms with van der Waals surface area (Å²) in [6, 6.07) is 11.6. The van der Waals surface area contributed by atoms with Crippen molar-refractivity contribution in [3.63, 3.8) is 0 Å². The highest BCUT2D eigenvalue weighted by Gasteiger charge is 2.21. The lowest BCUT2D eigenvalue weighted by atomic mass is 9.93. The van der Waals surface area contributed by atoms with Crippen molar-refractivity contribution >= 4 is 10.9 Å². The van der Waals surface area contributed by atoms with E-state index >= 15 is 0 Å². The van der Waals surface area contributed by atoms with Crippen LogP contribution in [0.5, 0.6) is 11.5 Å². The number of benzene rings is 1. The predicted molar refractivity (Wildman–Crippen MR) is 161 cm³/mol. The Morgan fingerprint density at radius 2 is 1.77 bits per heavy atom. The minimum atomic E-state index is -1.02. The average molecular weight is 533 g/mol. The van der Waals surface area contributed by atoms with Crippen LogP contribution < -0.4 is 15.6 Å². The van der Waals surface area contributed by atoms with Gasteiger partial charge in [-0.15, -0.1) is 0 Å². The van der Waals surface area contributed by atoms with Crippen molar-refractivity contribution in [2.24, 2.45) is 13.0 Å². The van der Waals surface area contributed by atoms with Gasteiger partial charge in [0.25, 0.3) is 5.56 Å². The number of ether oxygens (including phenoxy) is 1. The molecule has 0 atom stereocenters. The molecule has 7 heteroatoms. The molecule has 0 aliphatic carbocycles. The van der Waals surface area contributed by atoms with Gasteiger partial charge in [0, 0.05) is 41.6 Å². The molecule has 3 N–H and O–H groups in total. The fourth-order valence-electron chi connectivity index (χ4n) is 4.79. The van der Waals surface area contributed by atoms with Crippen LogP contribution in [0.3, 0.4) is 0 Å². The van der Waals surface area contributed by atoms with Gasteiger partial charge in [0.05, 0.1) is 11.8 Å². The molecule has 1 fully saturated rings. The van der Waals surface area contributed by atoms with Crippen LogP contribution in [-0.4, -0.2) is 32.7 Å². The van der Waals surface area contributed by atoms with Gasteiger partial charge >= 0.3 is 0 Å². The van der Waals surface area contributed by atoms with Gasteiger partial charge in [-0.3, -0.25) is 9.78 Å². The van der Waals surface area contributed by atoms with E-state index in [4.69, 9.17) is 4.74 Å². The minimum Gasteiger partial charge on any atom is -0.455 e. The summed E-state index contributed by atoms with van der Waals surface area (Å²) >= 11 is 0. The molecule has 0 bridgehead atoms. The molecule has 5 rings (SSSR count). The second kappa shape index (κ2) is 13.6. The number of nitrogens with one attached hydrogen (secondary N) is 2. The molecule has 1 saturated heterocycles. The maximum atomic E-state index is 12.6. The van der Waals surface area contributed by atoms with E-state index in [-0.39, 0.29) is 5.56 Å². The van der Waals surface area contributed by atoms with Gasteiger partial charge in [-0.05, 0) is 88.0 Å². The van der Waals surface area contributed by atoms with Crippen LogP contribution in [0.2, 0.25) is 0 Å². The number of H-pyrrole nitrogens is 1. The minimum absolute atomic E-state index is 0.0941. The molecule has 4 heterocycles. The van der Waals surface area contributed by atoms with E-state index in [2.05, 4.69) is 15.3 Å². The third-order valence-electron chi connectivity index (χ3n) is 6.85. The van der Waals surface area contributed by atoms with Crippen molar-refractivity contribution in [1.82, 2.24) is 19.9 Å². The van der Waals surface area contributed by atoms with E-state index in [1.165, 1.54) is 12.8 Å². The van der Waals surface area contributed by atoms with Gasteiger partial charge < -0.3 is 24.7 Å². The van der Waals surface area contributed by atoms with Crippen LogP contribution in [0, 0.1) is 5.92 Å². The topological polar surface area (TPSA) is 92.2 Å². The number of aromatic nitrogens is 3. The Balaban J connectivity index is 0.00000100. The Kier molecular flexibility index (Phi) is 10.5. The summed E-state index contributed by atoms with van der Waals surface area (Å²) in [5.74, 6) is 1.95. The lowest BCUT2D eigenvalue weighted by Crippen LogP contribution is -2.28. The average Bonchev–Trinajstić information content (AvgIpc) is 3.45. The first-order valence-electron chi connectivity index (χ1n) is 14.2. The van der Waals surface area contributed by atoms with Crippen LogP contribution in [-0.2, 0) is 19.1 Å². The zero-order valence-corrected chi connectivity index (χ0v) is 24.5.